The van der Waals surface area contributed by atoms with E-state index in [9.17, 15) is 4.79 Å². The lowest BCUT2D eigenvalue weighted by Gasteiger charge is -2.16. The molecule has 0 aliphatic carbocycles. The fourth-order valence-corrected chi connectivity index (χ4v) is 2.16. The molecule has 8 heteroatoms. The van der Waals surface area contributed by atoms with Crippen molar-refractivity contribution in [3.63, 3.8) is 0 Å². The zero-order chi connectivity index (χ0) is 16.1. The molecule has 0 unspecified atom stereocenters. The van der Waals surface area contributed by atoms with Gasteiger partial charge in [0.1, 0.15) is 5.02 Å². The molecule has 0 spiro atoms. The predicted molar refractivity (Wildman–Crippen MR) is 83.3 cm³/mol. The van der Waals surface area contributed by atoms with Gasteiger partial charge in [0.25, 0.3) is 5.56 Å². The van der Waals surface area contributed by atoms with Crippen LogP contribution in [0.1, 0.15) is 5.56 Å². The number of nitrogens with one attached hydrogen (secondary N) is 2. The van der Waals surface area contributed by atoms with Gasteiger partial charge in [-0.3, -0.25) is 4.79 Å². The first kappa shape index (κ1) is 16.0. The van der Waals surface area contributed by atoms with Crippen molar-refractivity contribution in [1.29, 1.82) is 0 Å². The highest BCUT2D eigenvalue weighted by atomic mass is 35.5. The van der Waals surface area contributed by atoms with Crippen molar-refractivity contribution in [2.75, 3.05) is 26.6 Å². The summed E-state index contributed by atoms with van der Waals surface area (Å²) in [6, 6.07) is 3.61. The molecule has 2 N–H and O–H groups in total. The summed E-state index contributed by atoms with van der Waals surface area (Å²) in [5.74, 6) is 1.61. The second-order valence-corrected chi connectivity index (χ2v) is 4.65. The van der Waals surface area contributed by atoms with E-state index in [1.165, 1.54) is 13.3 Å². The van der Waals surface area contributed by atoms with Crippen molar-refractivity contribution in [2.24, 2.45) is 0 Å². The number of hydrogen-bond donors (Lipinski definition) is 2. The Hall–Kier alpha value is -2.41. The standard InChI is InChI=1S/C14H16ClN3O4/c1-20-10-5-4-8(12(21-2)13(10)22-3)6-16-9-7-17-18-14(19)11(9)15/h4-5,7H,6H2,1-3H3,(H2,16,18,19). The van der Waals surface area contributed by atoms with E-state index in [0.29, 0.717) is 29.5 Å². The van der Waals surface area contributed by atoms with Gasteiger partial charge in [-0.05, 0) is 12.1 Å². The maximum absolute atomic E-state index is 11.4. The summed E-state index contributed by atoms with van der Waals surface area (Å²) in [4.78, 5) is 11.4. The first-order chi connectivity index (χ1) is 10.6. The van der Waals surface area contributed by atoms with Gasteiger partial charge in [-0.2, -0.15) is 5.10 Å². The van der Waals surface area contributed by atoms with E-state index in [1.807, 2.05) is 6.07 Å². The number of aromatic amines is 1. The van der Waals surface area contributed by atoms with Gasteiger partial charge >= 0.3 is 0 Å². The lowest BCUT2D eigenvalue weighted by molar-refractivity contribution is 0.322. The number of hydrogen-bond acceptors (Lipinski definition) is 6. The second kappa shape index (κ2) is 7.04. The van der Waals surface area contributed by atoms with Gasteiger partial charge < -0.3 is 19.5 Å². The molecular formula is C14H16ClN3O4. The Balaban J connectivity index is 2.30. The van der Waals surface area contributed by atoms with Gasteiger partial charge in [0.15, 0.2) is 11.5 Å². The fraction of sp³-hybridized carbons (Fsp3) is 0.286. The van der Waals surface area contributed by atoms with Crippen LogP contribution in [0.5, 0.6) is 17.2 Å². The molecule has 7 nitrogen and oxygen atoms in total. The Morgan fingerprint density at radius 1 is 1.18 bits per heavy atom. The number of rotatable bonds is 6. The summed E-state index contributed by atoms with van der Waals surface area (Å²) in [7, 11) is 4.63. The van der Waals surface area contributed by atoms with Crippen LogP contribution in [0.4, 0.5) is 5.69 Å². The van der Waals surface area contributed by atoms with Gasteiger partial charge in [-0.25, -0.2) is 5.10 Å². The summed E-state index contributed by atoms with van der Waals surface area (Å²) < 4.78 is 15.9. The average Bonchev–Trinajstić information content (AvgIpc) is 2.55. The summed E-state index contributed by atoms with van der Waals surface area (Å²) in [6.45, 7) is 0.369. The quantitative estimate of drug-likeness (QED) is 0.845. The summed E-state index contributed by atoms with van der Waals surface area (Å²) in [5, 5.41) is 9.05. The molecule has 0 bridgehead atoms. The van der Waals surface area contributed by atoms with Gasteiger partial charge in [-0.1, -0.05) is 11.6 Å². The smallest absolute Gasteiger partial charge is 0.285 e. The molecule has 0 aliphatic rings. The van der Waals surface area contributed by atoms with Crippen LogP contribution in [0, 0.1) is 0 Å². The third-order valence-electron chi connectivity index (χ3n) is 3.05. The van der Waals surface area contributed by atoms with E-state index in [0.717, 1.165) is 5.56 Å². The molecule has 0 saturated heterocycles. The van der Waals surface area contributed by atoms with Gasteiger partial charge in [0, 0.05) is 12.1 Å². The summed E-state index contributed by atoms with van der Waals surface area (Å²) in [5.41, 5.74) is 0.796. The molecule has 0 aliphatic heterocycles. The number of halogens is 1. The summed E-state index contributed by atoms with van der Waals surface area (Å²) in [6.07, 6.45) is 1.44. The minimum atomic E-state index is -0.453. The number of methoxy groups -OCH3 is 3. The third-order valence-corrected chi connectivity index (χ3v) is 3.43. The molecule has 22 heavy (non-hydrogen) atoms. The lowest BCUT2D eigenvalue weighted by Crippen LogP contribution is -2.12. The Kier molecular flexibility index (Phi) is 5.11. The van der Waals surface area contributed by atoms with Crippen LogP contribution >= 0.6 is 11.6 Å². The van der Waals surface area contributed by atoms with Gasteiger partial charge in [-0.15, -0.1) is 0 Å². The fourth-order valence-electron chi connectivity index (χ4n) is 2.00. The monoisotopic (exact) mass is 325 g/mol. The molecule has 1 aromatic carbocycles. The van der Waals surface area contributed by atoms with E-state index in [2.05, 4.69) is 15.5 Å². The Labute approximate surface area is 132 Å². The zero-order valence-corrected chi connectivity index (χ0v) is 13.2. The SMILES string of the molecule is COc1ccc(CNc2cn[nH]c(=O)c2Cl)c(OC)c1OC. The van der Waals surface area contributed by atoms with E-state index in [1.54, 1.807) is 20.3 Å². The van der Waals surface area contributed by atoms with Gasteiger partial charge in [0.2, 0.25) is 5.75 Å². The molecule has 0 radical (unpaired) electrons. The van der Waals surface area contributed by atoms with Crippen LogP contribution in [0.25, 0.3) is 0 Å². The average molecular weight is 326 g/mol. The van der Waals surface area contributed by atoms with E-state index >= 15 is 0 Å². The Morgan fingerprint density at radius 3 is 2.55 bits per heavy atom. The maximum Gasteiger partial charge on any atom is 0.285 e. The molecular weight excluding hydrogens is 310 g/mol. The normalized spacial score (nSPS) is 10.2. The molecule has 0 fully saturated rings. The number of anilines is 1. The maximum atomic E-state index is 11.4. The van der Waals surface area contributed by atoms with E-state index in [4.69, 9.17) is 25.8 Å². The predicted octanol–water partition coefficient (Wildman–Crippen LogP) is 2.06. The highest BCUT2D eigenvalue weighted by molar-refractivity contribution is 6.32. The molecule has 0 saturated carbocycles. The number of ether oxygens (including phenoxy) is 3. The molecule has 0 amide bonds. The van der Waals surface area contributed by atoms with Crippen LogP contribution in [-0.4, -0.2) is 31.5 Å². The first-order valence-corrected chi connectivity index (χ1v) is 6.75. The van der Waals surface area contributed by atoms with Crippen molar-refractivity contribution in [2.45, 2.75) is 6.54 Å². The van der Waals surface area contributed by atoms with Crippen LogP contribution < -0.4 is 25.1 Å². The van der Waals surface area contributed by atoms with Crippen molar-refractivity contribution >= 4 is 17.3 Å². The zero-order valence-electron chi connectivity index (χ0n) is 12.4. The number of nitrogens with zero attached hydrogens (tertiary/aromatic N) is 1. The van der Waals surface area contributed by atoms with Gasteiger partial charge in [0.05, 0.1) is 33.2 Å². The van der Waals surface area contributed by atoms with Crippen LogP contribution in [0.3, 0.4) is 0 Å². The first-order valence-electron chi connectivity index (χ1n) is 6.37. The van der Waals surface area contributed by atoms with Crippen molar-refractivity contribution in [3.8, 4) is 17.2 Å². The van der Waals surface area contributed by atoms with E-state index < -0.39 is 5.56 Å². The van der Waals surface area contributed by atoms with Crippen LogP contribution in [0.15, 0.2) is 23.1 Å². The largest absolute Gasteiger partial charge is 0.493 e. The summed E-state index contributed by atoms with van der Waals surface area (Å²) >= 11 is 5.92. The lowest BCUT2D eigenvalue weighted by atomic mass is 10.1. The number of aromatic nitrogens is 2. The second-order valence-electron chi connectivity index (χ2n) is 4.27. The number of benzene rings is 1. The molecule has 1 aromatic heterocycles. The van der Waals surface area contributed by atoms with E-state index in [-0.39, 0.29) is 5.02 Å². The molecule has 118 valence electrons. The highest BCUT2D eigenvalue weighted by Gasteiger charge is 2.16. The minimum Gasteiger partial charge on any atom is -0.493 e. The van der Waals surface area contributed by atoms with Crippen molar-refractivity contribution in [1.82, 2.24) is 10.2 Å². The Bertz CT molecular complexity index is 718. The molecule has 1 heterocycles. The van der Waals surface area contributed by atoms with Crippen LogP contribution in [0.2, 0.25) is 5.02 Å². The van der Waals surface area contributed by atoms with Crippen molar-refractivity contribution in [3.05, 3.63) is 39.3 Å². The van der Waals surface area contributed by atoms with Crippen molar-refractivity contribution < 1.29 is 14.2 Å². The molecule has 2 aromatic rings. The minimum absolute atomic E-state index is 0.0504. The highest BCUT2D eigenvalue weighted by Crippen LogP contribution is 2.39. The Morgan fingerprint density at radius 2 is 1.91 bits per heavy atom. The van der Waals surface area contributed by atoms with Crippen LogP contribution in [-0.2, 0) is 6.54 Å². The molecule has 0 atom stereocenters. The molecule has 2 rings (SSSR count). The number of H-pyrrole nitrogens is 1. The third kappa shape index (κ3) is 3.09. The topological polar surface area (TPSA) is 85.5 Å².